The first-order valence-corrected chi connectivity index (χ1v) is 6.05. The van der Waals surface area contributed by atoms with E-state index >= 15 is 0 Å². The molecule has 0 spiro atoms. The number of nitrogens with zero attached hydrogens (tertiary/aromatic N) is 2. The first-order valence-electron chi connectivity index (χ1n) is 6.05. The van der Waals surface area contributed by atoms with Crippen LogP contribution >= 0.6 is 0 Å². The number of hydrogen-bond acceptors (Lipinski definition) is 5. The van der Waals surface area contributed by atoms with E-state index in [-0.39, 0.29) is 5.69 Å². The molecule has 0 aliphatic rings. The summed E-state index contributed by atoms with van der Waals surface area (Å²) in [5, 5.41) is 4.12. The van der Waals surface area contributed by atoms with E-state index in [0.29, 0.717) is 11.4 Å². The highest BCUT2D eigenvalue weighted by molar-refractivity contribution is 5.98. The topological polar surface area (TPSA) is 79.4 Å². The lowest BCUT2D eigenvalue weighted by atomic mass is 10.0. The zero-order valence-corrected chi connectivity index (χ0v) is 11.9. The molecular weight excluding hydrogens is 258 g/mol. The molecule has 2 aromatic rings. The Bertz CT molecular complexity index is 662. The summed E-state index contributed by atoms with van der Waals surface area (Å²) < 4.78 is 11.4. The number of benzene rings is 1. The maximum atomic E-state index is 11.8. The van der Waals surface area contributed by atoms with Gasteiger partial charge in [0.25, 0.3) is 0 Å². The maximum absolute atomic E-state index is 11.8. The average molecular weight is 275 g/mol. The average Bonchev–Trinajstić information content (AvgIpc) is 2.74. The minimum atomic E-state index is -0.513. The number of carbonyl (C=O) groups is 1. The number of nitrogens with two attached hydrogens (primary N) is 1. The molecule has 0 aliphatic heterocycles. The molecule has 0 unspecified atom stereocenters. The summed E-state index contributed by atoms with van der Waals surface area (Å²) in [4.78, 5) is 11.8. The SMILES string of the molecule is COC(=O)c1nn(C)c(N)c1-c1ccc(OC)c(C)c1. The second-order valence-electron chi connectivity index (χ2n) is 4.41. The van der Waals surface area contributed by atoms with E-state index in [2.05, 4.69) is 5.10 Å². The Kier molecular flexibility index (Phi) is 3.65. The van der Waals surface area contributed by atoms with Crippen LogP contribution in [-0.4, -0.2) is 30.0 Å². The molecule has 0 aliphatic carbocycles. The molecule has 6 nitrogen and oxygen atoms in total. The number of nitrogen functional groups attached to an aromatic ring is 1. The Morgan fingerprint density at radius 3 is 2.60 bits per heavy atom. The minimum absolute atomic E-state index is 0.206. The molecule has 0 radical (unpaired) electrons. The van der Waals surface area contributed by atoms with Gasteiger partial charge in [-0.2, -0.15) is 5.10 Å². The third-order valence-electron chi connectivity index (χ3n) is 3.15. The van der Waals surface area contributed by atoms with Gasteiger partial charge in [0.1, 0.15) is 11.6 Å². The number of anilines is 1. The summed E-state index contributed by atoms with van der Waals surface area (Å²) in [7, 11) is 4.61. The molecular formula is C14H17N3O3. The molecule has 0 saturated carbocycles. The van der Waals surface area contributed by atoms with Crippen molar-refractivity contribution >= 4 is 11.8 Å². The lowest BCUT2D eigenvalue weighted by Crippen LogP contribution is -2.04. The van der Waals surface area contributed by atoms with Crippen LogP contribution in [0.25, 0.3) is 11.1 Å². The van der Waals surface area contributed by atoms with E-state index in [1.165, 1.54) is 11.8 Å². The summed E-state index contributed by atoms with van der Waals surface area (Å²) in [6.07, 6.45) is 0. The van der Waals surface area contributed by atoms with Crippen molar-refractivity contribution in [2.24, 2.45) is 7.05 Å². The van der Waals surface area contributed by atoms with Crippen LogP contribution in [0.5, 0.6) is 5.75 Å². The van der Waals surface area contributed by atoms with Crippen molar-refractivity contribution in [3.63, 3.8) is 0 Å². The number of hydrogen-bond donors (Lipinski definition) is 1. The van der Waals surface area contributed by atoms with Crippen LogP contribution in [0.2, 0.25) is 0 Å². The number of methoxy groups -OCH3 is 2. The number of rotatable bonds is 3. The predicted octanol–water partition coefficient (Wildman–Crippen LogP) is 1.77. The highest BCUT2D eigenvalue weighted by Gasteiger charge is 2.22. The van der Waals surface area contributed by atoms with Gasteiger partial charge in [0.15, 0.2) is 5.69 Å². The fraction of sp³-hybridized carbons (Fsp3) is 0.286. The van der Waals surface area contributed by atoms with E-state index in [1.54, 1.807) is 14.2 Å². The second-order valence-corrected chi connectivity index (χ2v) is 4.41. The Morgan fingerprint density at radius 1 is 1.35 bits per heavy atom. The lowest BCUT2D eigenvalue weighted by molar-refractivity contribution is 0.0594. The van der Waals surface area contributed by atoms with Crippen LogP contribution in [0.1, 0.15) is 16.1 Å². The fourth-order valence-electron chi connectivity index (χ4n) is 2.10. The Labute approximate surface area is 117 Å². The van der Waals surface area contributed by atoms with Gasteiger partial charge >= 0.3 is 5.97 Å². The van der Waals surface area contributed by atoms with E-state index in [1.807, 2.05) is 25.1 Å². The van der Waals surface area contributed by atoms with E-state index < -0.39 is 5.97 Å². The number of ether oxygens (including phenoxy) is 2. The van der Waals surface area contributed by atoms with Gasteiger partial charge in [-0.3, -0.25) is 4.68 Å². The largest absolute Gasteiger partial charge is 0.496 e. The van der Waals surface area contributed by atoms with Gasteiger partial charge in [-0.1, -0.05) is 6.07 Å². The van der Waals surface area contributed by atoms with E-state index in [0.717, 1.165) is 16.9 Å². The van der Waals surface area contributed by atoms with Crippen LogP contribution in [0, 0.1) is 6.92 Å². The highest BCUT2D eigenvalue weighted by atomic mass is 16.5. The molecule has 1 heterocycles. The van der Waals surface area contributed by atoms with Crippen molar-refractivity contribution in [1.82, 2.24) is 9.78 Å². The summed E-state index contributed by atoms with van der Waals surface area (Å²) in [5.41, 5.74) is 8.54. The molecule has 0 bridgehead atoms. The van der Waals surface area contributed by atoms with Gasteiger partial charge < -0.3 is 15.2 Å². The van der Waals surface area contributed by atoms with Crippen LogP contribution in [0.15, 0.2) is 18.2 Å². The quantitative estimate of drug-likeness (QED) is 0.864. The summed E-state index contributed by atoms with van der Waals surface area (Å²) >= 11 is 0. The lowest BCUT2D eigenvalue weighted by Gasteiger charge is -2.08. The molecule has 20 heavy (non-hydrogen) atoms. The molecule has 1 aromatic heterocycles. The molecule has 0 saturated heterocycles. The Morgan fingerprint density at radius 2 is 2.05 bits per heavy atom. The summed E-state index contributed by atoms with van der Waals surface area (Å²) in [6, 6.07) is 5.57. The van der Waals surface area contributed by atoms with E-state index in [4.69, 9.17) is 15.2 Å². The maximum Gasteiger partial charge on any atom is 0.359 e. The third-order valence-corrected chi connectivity index (χ3v) is 3.15. The van der Waals surface area contributed by atoms with Gasteiger partial charge in [-0.15, -0.1) is 0 Å². The molecule has 0 amide bonds. The van der Waals surface area contributed by atoms with Crippen LogP contribution in [0.3, 0.4) is 0 Å². The van der Waals surface area contributed by atoms with Crippen LogP contribution < -0.4 is 10.5 Å². The molecule has 2 N–H and O–H groups in total. The van der Waals surface area contributed by atoms with Gasteiger partial charge in [-0.25, -0.2) is 4.79 Å². The zero-order valence-electron chi connectivity index (χ0n) is 11.9. The summed E-state index contributed by atoms with van der Waals surface area (Å²) in [5.74, 6) is 0.673. The summed E-state index contributed by atoms with van der Waals surface area (Å²) in [6.45, 7) is 1.92. The number of carbonyl (C=O) groups excluding carboxylic acids is 1. The number of aromatic nitrogens is 2. The van der Waals surface area contributed by atoms with Crippen molar-refractivity contribution in [1.29, 1.82) is 0 Å². The predicted molar refractivity (Wildman–Crippen MR) is 75.7 cm³/mol. The number of esters is 1. The Hall–Kier alpha value is -2.50. The molecule has 0 atom stereocenters. The fourth-order valence-corrected chi connectivity index (χ4v) is 2.10. The van der Waals surface area contributed by atoms with Gasteiger partial charge in [-0.05, 0) is 30.2 Å². The molecule has 0 fully saturated rings. The molecule has 6 heteroatoms. The van der Waals surface area contributed by atoms with Crippen molar-refractivity contribution < 1.29 is 14.3 Å². The van der Waals surface area contributed by atoms with Crippen molar-refractivity contribution in [2.75, 3.05) is 20.0 Å². The normalized spacial score (nSPS) is 10.4. The standard InChI is InChI=1S/C14H17N3O3/c1-8-7-9(5-6-10(8)19-3)11-12(14(18)20-4)16-17(2)13(11)15/h5-7H,15H2,1-4H3. The third kappa shape index (κ3) is 2.20. The van der Waals surface area contributed by atoms with Crippen molar-refractivity contribution in [3.05, 3.63) is 29.5 Å². The van der Waals surface area contributed by atoms with E-state index in [9.17, 15) is 4.79 Å². The van der Waals surface area contributed by atoms with Crippen molar-refractivity contribution in [3.8, 4) is 16.9 Å². The smallest absolute Gasteiger partial charge is 0.359 e. The van der Waals surface area contributed by atoms with Gasteiger partial charge in [0, 0.05) is 7.05 Å². The van der Waals surface area contributed by atoms with Gasteiger partial charge in [0.05, 0.1) is 19.8 Å². The first-order chi connectivity index (χ1) is 9.49. The molecule has 1 aromatic carbocycles. The first kappa shape index (κ1) is 13.9. The van der Waals surface area contributed by atoms with Gasteiger partial charge in [0.2, 0.25) is 0 Å². The molecule has 2 rings (SSSR count). The number of aryl methyl sites for hydroxylation is 2. The monoisotopic (exact) mass is 275 g/mol. The highest BCUT2D eigenvalue weighted by Crippen LogP contribution is 2.32. The Balaban J connectivity index is 2.62. The molecule has 106 valence electrons. The zero-order chi connectivity index (χ0) is 14.9. The van der Waals surface area contributed by atoms with Crippen LogP contribution in [0.4, 0.5) is 5.82 Å². The second kappa shape index (κ2) is 5.24. The van der Waals surface area contributed by atoms with Crippen LogP contribution in [-0.2, 0) is 11.8 Å². The minimum Gasteiger partial charge on any atom is -0.496 e. The van der Waals surface area contributed by atoms with Crippen molar-refractivity contribution in [2.45, 2.75) is 6.92 Å².